The van der Waals surface area contributed by atoms with E-state index in [1.807, 2.05) is 19.2 Å². The topological polar surface area (TPSA) is 32.6 Å². The summed E-state index contributed by atoms with van der Waals surface area (Å²) in [6.07, 6.45) is 6.82. The molecule has 1 N–H and O–H groups in total. The maximum absolute atomic E-state index is 4.81. The Balaban J connectivity index is 1.96. The molecule has 2 unspecified atom stereocenters. The SMILES string of the molecule is CNCC1CCCN(C)C1c1cn2ccccc2n1. The summed E-state index contributed by atoms with van der Waals surface area (Å²) in [5.41, 5.74) is 2.24. The third kappa shape index (κ3) is 2.38. The van der Waals surface area contributed by atoms with Crippen molar-refractivity contribution < 1.29 is 0 Å². The van der Waals surface area contributed by atoms with Crippen LogP contribution in [0.15, 0.2) is 30.6 Å². The number of aromatic nitrogens is 2. The molecule has 0 bridgehead atoms. The molecule has 2 atom stereocenters. The molecule has 3 rings (SSSR count). The molecule has 1 fully saturated rings. The van der Waals surface area contributed by atoms with Gasteiger partial charge in [-0.2, -0.15) is 0 Å². The Bertz CT molecular complexity index is 513. The minimum absolute atomic E-state index is 0.432. The number of imidazole rings is 1. The van der Waals surface area contributed by atoms with Crippen LogP contribution in [0.5, 0.6) is 0 Å². The molecular formula is C15H22N4. The average molecular weight is 258 g/mol. The second kappa shape index (κ2) is 5.31. The number of nitrogens with one attached hydrogen (secondary N) is 1. The Kier molecular flexibility index (Phi) is 3.53. The van der Waals surface area contributed by atoms with Crippen molar-refractivity contribution >= 4 is 5.65 Å². The lowest BCUT2D eigenvalue weighted by atomic mass is 9.87. The number of piperidine rings is 1. The van der Waals surface area contributed by atoms with Crippen LogP contribution in [0.1, 0.15) is 24.6 Å². The van der Waals surface area contributed by atoms with E-state index >= 15 is 0 Å². The molecule has 4 heteroatoms. The van der Waals surface area contributed by atoms with Crippen molar-refractivity contribution in [2.45, 2.75) is 18.9 Å². The van der Waals surface area contributed by atoms with Gasteiger partial charge in [0, 0.05) is 12.4 Å². The van der Waals surface area contributed by atoms with Crippen LogP contribution in [0.4, 0.5) is 0 Å². The number of pyridine rings is 1. The lowest BCUT2D eigenvalue weighted by Gasteiger charge is -2.38. The van der Waals surface area contributed by atoms with Gasteiger partial charge < -0.3 is 9.72 Å². The zero-order chi connectivity index (χ0) is 13.2. The van der Waals surface area contributed by atoms with Crippen molar-refractivity contribution in [3.8, 4) is 0 Å². The van der Waals surface area contributed by atoms with Gasteiger partial charge in [0.2, 0.25) is 0 Å². The van der Waals surface area contributed by atoms with E-state index in [4.69, 9.17) is 4.98 Å². The molecule has 2 aromatic heterocycles. The van der Waals surface area contributed by atoms with Crippen molar-refractivity contribution in [1.29, 1.82) is 0 Å². The Labute approximate surface area is 114 Å². The van der Waals surface area contributed by atoms with Crippen molar-refractivity contribution in [2.75, 3.05) is 27.2 Å². The van der Waals surface area contributed by atoms with Crippen LogP contribution >= 0.6 is 0 Å². The van der Waals surface area contributed by atoms with Crippen molar-refractivity contribution in [3.63, 3.8) is 0 Å². The average Bonchev–Trinajstić information content (AvgIpc) is 2.82. The van der Waals surface area contributed by atoms with Crippen molar-refractivity contribution in [3.05, 3.63) is 36.3 Å². The van der Waals surface area contributed by atoms with Gasteiger partial charge in [-0.3, -0.25) is 4.90 Å². The second-order valence-electron chi connectivity index (χ2n) is 5.52. The summed E-state index contributed by atoms with van der Waals surface area (Å²) < 4.78 is 2.12. The molecule has 4 nitrogen and oxygen atoms in total. The van der Waals surface area contributed by atoms with Gasteiger partial charge >= 0.3 is 0 Å². The van der Waals surface area contributed by atoms with Gasteiger partial charge in [-0.25, -0.2) is 4.98 Å². The molecule has 19 heavy (non-hydrogen) atoms. The van der Waals surface area contributed by atoms with Gasteiger partial charge in [0.25, 0.3) is 0 Å². The van der Waals surface area contributed by atoms with Crippen LogP contribution in [0.25, 0.3) is 5.65 Å². The van der Waals surface area contributed by atoms with E-state index in [1.54, 1.807) is 0 Å². The lowest BCUT2D eigenvalue weighted by molar-refractivity contribution is 0.118. The van der Waals surface area contributed by atoms with Crippen LogP contribution in [-0.2, 0) is 0 Å². The molecule has 1 aliphatic heterocycles. The third-order valence-electron chi connectivity index (χ3n) is 4.16. The van der Waals surface area contributed by atoms with Crippen LogP contribution in [0, 0.1) is 5.92 Å². The lowest BCUT2D eigenvalue weighted by Crippen LogP contribution is -2.40. The van der Waals surface area contributed by atoms with E-state index < -0.39 is 0 Å². The quantitative estimate of drug-likeness (QED) is 0.913. The highest BCUT2D eigenvalue weighted by atomic mass is 15.2. The first kappa shape index (κ1) is 12.6. The molecule has 1 aliphatic rings. The minimum Gasteiger partial charge on any atom is -0.319 e. The molecule has 1 saturated heterocycles. The molecule has 3 heterocycles. The summed E-state index contributed by atoms with van der Waals surface area (Å²) in [6, 6.07) is 6.59. The summed E-state index contributed by atoms with van der Waals surface area (Å²) in [5, 5.41) is 3.33. The third-order valence-corrected chi connectivity index (χ3v) is 4.16. The number of likely N-dealkylation sites (tertiary alicyclic amines) is 1. The molecule has 0 aliphatic carbocycles. The molecule has 0 amide bonds. The first-order valence-electron chi connectivity index (χ1n) is 7.08. The van der Waals surface area contributed by atoms with E-state index in [9.17, 15) is 0 Å². The first-order chi connectivity index (χ1) is 9.29. The van der Waals surface area contributed by atoms with Gasteiger partial charge in [0.1, 0.15) is 5.65 Å². The van der Waals surface area contributed by atoms with Crippen molar-refractivity contribution in [1.82, 2.24) is 19.6 Å². The molecule has 0 aromatic carbocycles. The van der Waals surface area contributed by atoms with E-state index in [1.165, 1.54) is 25.1 Å². The summed E-state index contributed by atoms with van der Waals surface area (Å²) in [6.45, 7) is 2.22. The smallest absolute Gasteiger partial charge is 0.137 e. The van der Waals surface area contributed by atoms with E-state index in [0.29, 0.717) is 12.0 Å². The summed E-state index contributed by atoms with van der Waals surface area (Å²) in [7, 11) is 4.26. The molecule has 0 radical (unpaired) electrons. The highest BCUT2D eigenvalue weighted by Gasteiger charge is 2.31. The maximum Gasteiger partial charge on any atom is 0.137 e. The Morgan fingerprint density at radius 1 is 1.42 bits per heavy atom. The molecule has 0 saturated carbocycles. The molecule has 102 valence electrons. The van der Waals surface area contributed by atoms with Gasteiger partial charge in [0.15, 0.2) is 0 Å². The number of nitrogens with zero attached hydrogens (tertiary/aromatic N) is 3. The molecular weight excluding hydrogens is 236 g/mol. The minimum atomic E-state index is 0.432. The van der Waals surface area contributed by atoms with Gasteiger partial charge in [-0.15, -0.1) is 0 Å². The largest absolute Gasteiger partial charge is 0.319 e. The van der Waals surface area contributed by atoms with Crippen LogP contribution in [-0.4, -0.2) is 41.5 Å². The number of hydrogen-bond donors (Lipinski definition) is 1. The van der Waals surface area contributed by atoms with Crippen LogP contribution in [0.3, 0.4) is 0 Å². The zero-order valence-corrected chi connectivity index (χ0v) is 11.7. The molecule has 0 spiro atoms. The second-order valence-corrected chi connectivity index (χ2v) is 5.52. The van der Waals surface area contributed by atoms with E-state index in [2.05, 4.69) is 40.1 Å². The number of hydrogen-bond acceptors (Lipinski definition) is 3. The van der Waals surface area contributed by atoms with Crippen LogP contribution < -0.4 is 5.32 Å². The first-order valence-corrected chi connectivity index (χ1v) is 7.08. The van der Waals surface area contributed by atoms with Gasteiger partial charge in [-0.1, -0.05) is 6.07 Å². The highest BCUT2D eigenvalue weighted by molar-refractivity contribution is 5.40. The Hall–Kier alpha value is -1.39. The Morgan fingerprint density at radius 2 is 2.32 bits per heavy atom. The van der Waals surface area contributed by atoms with Gasteiger partial charge in [0.05, 0.1) is 11.7 Å². The van der Waals surface area contributed by atoms with E-state index in [0.717, 1.165) is 12.2 Å². The predicted molar refractivity (Wildman–Crippen MR) is 77.2 cm³/mol. The fourth-order valence-electron chi connectivity index (χ4n) is 3.30. The number of rotatable bonds is 3. The summed E-state index contributed by atoms with van der Waals surface area (Å²) >= 11 is 0. The number of fused-ring (bicyclic) bond motifs is 1. The monoisotopic (exact) mass is 258 g/mol. The summed E-state index contributed by atoms with van der Waals surface area (Å²) in [4.78, 5) is 7.26. The zero-order valence-electron chi connectivity index (χ0n) is 11.7. The predicted octanol–water partition coefficient (Wildman–Crippen LogP) is 1.94. The fourth-order valence-corrected chi connectivity index (χ4v) is 3.30. The van der Waals surface area contributed by atoms with E-state index in [-0.39, 0.29) is 0 Å². The van der Waals surface area contributed by atoms with Gasteiger partial charge in [-0.05, 0) is 58.1 Å². The summed E-state index contributed by atoms with van der Waals surface area (Å²) in [5.74, 6) is 0.647. The van der Waals surface area contributed by atoms with Crippen molar-refractivity contribution in [2.24, 2.45) is 5.92 Å². The standard InChI is InChI=1S/C15H22N4/c1-16-10-12-6-5-8-18(2)15(12)13-11-19-9-4-3-7-14(19)17-13/h3-4,7,9,11-12,15-16H,5-6,8,10H2,1-2H3. The highest BCUT2D eigenvalue weighted by Crippen LogP contribution is 2.34. The van der Waals surface area contributed by atoms with Crippen LogP contribution in [0.2, 0.25) is 0 Å². The Morgan fingerprint density at radius 3 is 3.11 bits per heavy atom. The molecule has 2 aromatic rings. The normalized spacial score (nSPS) is 24.9. The fraction of sp³-hybridized carbons (Fsp3) is 0.533. The maximum atomic E-state index is 4.81.